The standard InChI is InChI=1S/C24H27N3O4/c1-26-19-9-5-4-8-17(19)24(23(26)29)18(14-16-7-6-12-27(16)24)22(28)25-15-10-11-20(30-2)21(13-15)31-3/h4-5,8-11,13,16,18H,6-7,12,14H2,1-3H3,(H,25,28). The average molecular weight is 421 g/mol. The van der Waals surface area contributed by atoms with Crippen LogP contribution < -0.4 is 19.7 Å². The summed E-state index contributed by atoms with van der Waals surface area (Å²) in [6, 6.07) is 13.4. The van der Waals surface area contributed by atoms with Gasteiger partial charge in [0.05, 0.1) is 20.1 Å². The van der Waals surface area contributed by atoms with Crippen molar-refractivity contribution >= 4 is 23.2 Å². The molecule has 2 fully saturated rings. The zero-order chi connectivity index (χ0) is 21.8. The number of carbonyl (C=O) groups excluding carboxylic acids is 2. The molecule has 5 rings (SSSR count). The SMILES string of the molecule is COc1ccc(NC(=O)C2CC3CCCN3C23C(=O)N(C)c2ccccc23)cc1OC. The molecule has 3 unspecified atom stereocenters. The number of carbonyl (C=O) groups is 2. The summed E-state index contributed by atoms with van der Waals surface area (Å²) in [6.45, 7) is 0.832. The van der Waals surface area contributed by atoms with E-state index in [2.05, 4.69) is 10.2 Å². The van der Waals surface area contributed by atoms with E-state index in [1.807, 2.05) is 31.3 Å². The van der Waals surface area contributed by atoms with E-state index in [1.54, 1.807) is 37.3 Å². The summed E-state index contributed by atoms with van der Waals surface area (Å²) in [5.41, 5.74) is 1.52. The van der Waals surface area contributed by atoms with Gasteiger partial charge in [-0.15, -0.1) is 0 Å². The van der Waals surface area contributed by atoms with Gasteiger partial charge >= 0.3 is 0 Å². The lowest BCUT2D eigenvalue weighted by molar-refractivity contribution is -0.136. The molecule has 1 spiro atoms. The van der Waals surface area contributed by atoms with Crippen molar-refractivity contribution < 1.29 is 19.1 Å². The molecule has 7 nitrogen and oxygen atoms in total. The van der Waals surface area contributed by atoms with Crippen LogP contribution in [0.1, 0.15) is 24.8 Å². The van der Waals surface area contributed by atoms with Gasteiger partial charge in [-0.2, -0.15) is 0 Å². The minimum absolute atomic E-state index is 0.00874. The fourth-order valence-electron chi connectivity index (χ4n) is 5.81. The zero-order valence-electron chi connectivity index (χ0n) is 18.1. The van der Waals surface area contributed by atoms with Gasteiger partial charge in [-0.25, -0.2) is 0 Å². The van der Waals surface area contributed by atoms with Crippen LogP contribution in [0.5, 0.6) is 11.5 Å². The number of amides is 2. The van der Waals surface area contributed by atoms with Gasteiger partial charge in [-0.3, -0.25) is 14.5 Å². The quantitative estimate of drug-likeness (QED) is 0.822. The smallest absolute Gasteiger partial charge is 0.252 e. The number of nitrogens with zero attached hydrogens (tertiary/aromatic N) is 2. The lowest BCUT2D eigenvalue weighted by atomic mass is 9.78. The second-order valence-corrected chi connectivity index (χ2v) is 8.48. The first kappa shape index (κ1) is 19.9. The molecule has 162 valence electrons. The van der Waals surface area contributed by atoms with E-state index < -0.39 is 11.5 Å². The Hall–Kier alpha value is -3.06. The maximum Gasteiger partial charge on any atom is 0.252 e. The lowest BCUT2D eigenvalue weighted by Gasteiger charge is -2.37. The molecule has 7 heteroatoms. The predicted molar refractivity (Wildman–Crippen MR) is 118 cm³/mol. The number of hydrogen-bond acceptors (Lipinski definition) is 5. The van der Waals surface area contributed by atoms with Crippen LogP contribution in [0.2, 0.25) is 0 Å². The van der Waals surface area contributed by atoms with Crippen LogP contribution >= 0.6 is 0 Å². The van der Waals surface area contributed by atoms with Crippen molar-refractivity contribution in [3.05, 3.63) is 48.0 Å². The fraction of sp³-hybridized carbons (Fsp3) is 0.417. The normalized spacial score (nSPS) is 26.8. The Morgan fingerprint density at radius 2 is 1.90 bits per heavy atom. The summed E-state index contributed by atoms with van der Waals surface area (Å²) in [7, 11) is 4.95. The fourth-order valence-corrected chi connectivity index (χ4v) is 5.81. The number of rotatable bonds is 4. The highest BCUT2D eigenvalue weighted by Crippen LogP contribution is 2.56. The third kappa shape index (κ3) is 2.69. The van der Waals surface area contributed by atoms with E-state index in [0.717, 1.165) is 30.6 Å². The van der Waals surface area contributed by atoms with Crippen molar-refractivity contribution in [1.82, 2.24) is 4.90 Å². The van der Waals surface area contributed by atoms with Crippen molar-refractivity contribution in [3.8, 4) is 11.5 Å². The van der Waals surface area contributed by atoms with Crippen LogP contribution in [0.15, 0.2) is 42.5 Å². The molecule has 3 aliphatic rings. The monoisotopic (exact) mass is 421 g/mol. The molecule has 2 aromatic rings. The number of para-hydroxylation sites is 1. The highest BCUT2D eigenvalue weighted by molar-refractivity contribution is 6.11. The third-order valence-electron chi connectivity index (χ3n) is 7.12. The summed E-state index contributed by atoms with van der Waals surface area (Å²) in [5.74, 6) is 0.527. The van der Waals surface area contributed by atoms with Crippen LogP contribution in [-0.2, 0) is 15.1 Å². The maximum absolute atomic E-state index is 13.7. The number of hydrogen-bond donors (Lipinski definition) is 1. The Balaban J connectivity index is 1.54. The molecule has 3 atom stereocenters. The van der Waals surface area contributed by atoms with Gasteiger partial charge in [0.2, 0.25) is 5.91 Å². The highest BCUT2D eigenvalue weighted by atomic mass is 16.5. The van der Waals surface area contributed by atoms with Crippen molar-refractivity contribution in [3.63, 3.8) is 0 Å². The molecule has 0 aliphatic carbocycles. The van der Waals surface area contributed by atoms with Gasteiger partial charge < -0.3 is 19.7 Å². The molecule has 0 bridgehead atoms. The Kier molecular flexibility index (Phi) is 4.66. The third-order valence-corrected chi connectivity index (χ3v) is 7.12. The molecule has 0 aromatic heterocycles. The van der Waals surface area contributed by atoms with Gasteiger partial charge in [0, 0.05) is 36.1 Å². The first-order valence-corrected chi connectivity index (χ1v) is 10.7. The van der Waals surface area contributed by atoms with Gasteiger partial charge in [-0.05, 0) is 44.0 Å². The van der Waals surface area contributed by atoms with E-state index >= 15 is 0 Å². The molecule has 3 heterocycles. The van der Waals surface area contributed by atoms with Crippen LogP contribution in [0.4, 0.5) is 11.4 Å². The summed E-state index contributed by atoms with van der Waals surface area (Å²) >= 11 is 0. The highest BCUT2D eigenvalue weighted by Gasteiger charge is 2.66. The summed E-state index contributed by atoms with van der Waals surface area (Å²) in [6.07, 6.45) is 2.74. The van der Waals surface area contributed by atoms with Gasteiger partial charge in [0.25, 0.3) is 5.91 Å². The first-order chi connectivity index (χ1) is 15.0. The molecule has 0 radical (unpaired) electrons. The van der Waals surface area contributed by atoms with E-state index in [4.69, 9.17) is 9.47 Å². The molecule has 0 saturated carbocycles. The second-order valence-electron chi connectivity index (χ2n) is 8.48. The Morgan fingerprint density at radius 3 is 2.68 bits per heavy atom. The van der Waals surface area contributed by atoms with E-state index in [9.17, 15) is 9.59 Å². The number of anilines is 2. The van der Waals surface area contributed by atoms with Crippen molar-refractivity contribution in [1.29, 1.82) is 0 Å². The largest absolute Gasteiger partial charge is 0.493 e. The van der Waals surface area contributed by atoms with E-state index in [0.29, 0.717) is 23.6 Å². The number of methoxy groups -OCH3 is 2. The van der Waals surface area contributed by atoms with Crippen molar-refractivity contribution in [2.75, 3.05) is 38.0 Å². The van der Waals surface area contributed by atoms with Crippen LogP contribution in [0.3, 0.4) is 0 Å². The number of fused-ring (bicyclic) bond motifs is 4. The maximum atomic E-state index is 13.7. The molecule has 1 N–H and O–H groups in total. The molecule has 2 aromatic carbocycles. The number of ether oxygens (including phenoxy) is 2. The zero-order valence-corrected chi connectivity index (χ0v) is 18.1. The van der Waals surface area contributed by atoms with E-state index in [1.165, 1.54) is 0 Å². The van der Waals surface area contributed by atoms with Crippen LogP contribution in [0, 0.1) is 5.92 Å². The molecule has 31 heavy (non-hydrogen) atoms. The van der Waals surface area contributed by atoms with Gasteiger partial charge in [-0.1, -0.05) is 18.2 Å². The first-order valence-electron chi connectivity index (χ1n) is 10.7. The molecule has 3 aliphatic heterocycles. The number of nitrogens with one attached hydrogen (secondary N) is 1. The van der Waals surface area contributed by atoms with Gasteiger partial charge in [0.1, 0.15) is 5.54 Å². The van der Waals surface area contributed by atoms with Gasteiger partial charge in [0.15, 0.2) is 11.5 Å². The Morgan fingerprint density at radius 1 is 1.13 bits per heavy atom. The Labute approximate surface area is 181 Å². The number of benzene rings is 2. The van der Waals surface area contributed by atoms with Crippen molar-refractivity contribution in [2.24, 2.45) is 5.92 Å². The predicted octanol–water partition coefficient (Wildman–Crippen LogP) is 3.00. The molecular weight excluding hydrogens is 394 g/mol. The molecule has 2 saturated heterocycles. The lowest BCUT2D eigenvalue weighted by Crippen LogP contribution is -2.55. The Bertz CT molecular complexity index is 1050. The van der Waals surface area contributed by atoms with Crippen molar-refractivity contribution in [2.45, 2.75) is 30.8 Å². The van der Waals surface area contributed by atoms with Crippen LogP contribution in [0.25, 0.3) is 0 Å². The molecule has 2 amide bonds. The minimum atomic E-state index is -0.937. The average Bonchev–Trinajstić information content (AvgIpc) is 3.44. The minimum Gasteiger partial charge on any atom is -0.493 e. The van der Waals surface area contributed by atoms with E-state index in [-0.39, 0.29) is 17.9 Å². The van der Waals surface area contributed by atoms with Crippen LogP contribution in [-0.4, -0.2) is 50.6 Å². The summed E-state index contributed by atoms with van der Waals surface area (Å²) < 4.78 is 10.7. The summed E-state index contributed by atoms with van der Waals surface area (Å²) in [4.78, 5) is 31.4. The number of likely N-dealkylation sites (N-methyl/N-ethyl adjacent to an activating group) is 1. The summed E-state index contributed by atoms with van der Waals surface area (Å²) in [5, 5.41) is 3.04. The molecular formula is C24H27N3O4. The second kappa shape index (κ2) is 7.27. The topological polar surface area (TPSA) is 71.1 Å².